The third-order valence-corrected chi connectivity index (χ3v) is 2.20. The van der Waals surface area contributed by atoms with E-state index in [1.54, 1.807) is 6.92 Å². The molecule has 0 aliphatic heterocycles. The van der Waals surface area contributed by atoms with Crippen molar-refractivity contribution < 1.29 is 28.5 Å². The number of carbonyl (C=O) groups is 1. The number of pyridine rings is 1. The number of ether oxygens (including phenoxy) is 1. The highest BCUT2D eigenvalue weighted by Crippen LogP contribution is 2.20. The summed E-state index contributed by atoms with van der Waals surface area (Å²) in [5.74, 6) is -3.24. The summed E-state index contributed by atoms with van der Waals surface area (Å²) >= 11 is 0. The molecule has 0 aliphatic rings. The van der Waals surface area contributed by atoms with E-state index in [9.17, 15) is 23.8 Å². The van der Waals surface area contributed by atoms with Crippen molar-refractivity contribution in [2.45, 2.75) is 25.6 Å². The molecule has 0 saturated carbocycles. The quantitative estimate of drug-likeness (QED) is 0.602. The van der Waals surface area contributed by atoms with Crippen LogP contribution in [0, 0.1) is 11.8 Å². The third-order valence-electron chi connectivity index (χ3n) is 2.20. The van der Waals surface area contributed by atoms with Crippen LogP contribution in [0.4, 0.5) is 8.78 Å². The molecule has 100 valence electrons. The zero-order valence-corrected chi connectivity index (χ0v) is 9.64. The lowest BCUT2D eigenvalue weighted by atomic mass is 10.0. The first-order chi connectivity index (χ1) is 8.45. The number of hydrogen-bond donors (Lipinski definition) is 2. The minimum atomic E-state index is -1.54. The molecule has 1 aromatic heterocycles. The number of nitrogens with zero attached hydrogens (tertiary/aromatic N) is 1. The highest BCUT2D eigenvalue weighted by Gasteiger charge is 2.23. The van der Waals surface area contributed by atoms with E-state index < -0.39 is 36.4 Å². The first kappa shape index (κ1) is 14.5. The summed E-state index contributed by atoms with van der Waals surface area (Å²) in [5.41, 5.74) is -0.120. The van der Waals surface area contributed by atoms with Crippen LogP contribution >= 0.6 is 0 Å². The number of aliphatic hydroxyl groups excluding tert-OH is 2. The van der Waals surface area contributed by atoms with Gasteiger partial charge in [0.15, 0.2) is 5.82 Å². The van der Waals surface area contributed by atoms with Crippen LogP contribution in [-0.4, -0.2) is 33.9 Å². The van der Waals surface area contributed by atoms with Crippen molar-refractivity contribution in [3.8, 4) is 0 Å². The molecule has 0 bridgehead atoms. The first-order valence-electron chi connectivity index (χ1n) is 5.28. The Morgan fingerprint density at radius 1 is 1.50 bits per heavy atom. The van der Waals surface area contributed by atoms with Crippen LogP contribution in [0.5, 0.6) is 0 Å². The zero-order valence-electron chi connectivity index (χ0n) is 9.64. The molecule has 1 heterocycles. The maximum Gasteiger partial charge on any atom is 0.308 e. The van der Waals surface area contributed by atoms with E-state index in [2.05, 4.69) is 9.72 Å². The minimum Gasteiger partial charge on any atom is -0.466 e. The van der Waals surface area contributed by atoms with Crippen molar-refractivity contribution in [3.63, 3.8) is 0 Å². The van der Waals surface area contributed by atoms with E-state index in [-0.39, 0.29) is 12.2 Å². The van der Waals surface area contributed by atoms with Gasteiger partial charge in [-0.15, -0.1) is 0 Å². The monoisotopic (exact) mass is 261 g/mol. The average Bonchev–Trinajstić information content (AvgIpc) is 2.32. The van der Waals surface area contributed by atoms with Gasteiger partial charge in [-0.2, -0.15) is 4.39 Å². The summed E-state index contributed by atoms with van der Waals surface area (Å²) in [4.78, 5) is 14.1. The van der Waals surface area contributed by atoms with Gasteiger partial charge in [-0.25, -0.2) is 9.37 Å². The summed E-state index contributed by atoms with van der Waals surface area (Å²) in [6.07, 6.45) is -2.58. The SMILES string of the molecule is CCOC(=O)CC(O)C(O)c1cnc(F)c(F)c1. The van der Waals surface area contributed by atoms with Crippen LogP contribution in [0.3, 0.4) is 0 Å². The summed E-state index contributed by atoms with van der Waals surface area (Å²) in [6.45, 7) is 1.74. The van der Waals surface area contributed by atoms with E-state index in [1.807, 2.05) is 0 Å². The first-order valence-corrected chi connectivity index (χ1v) is 5.28. The van der Waals surface area contributed by atoms with Gasteiger partial charge in [-0.3, -0.25) is 4.79 Å². The fourth-order valence-corrected chi connectivity index (χ4v) is 1.32. The van der Waals surface area contributed by atoms with Crippen LogP contribution < -0.4 is 0 Å². The number of rotatable bonds is 5. The largest absolute Gasteiger partial charge is 0.466 e. The van der Waals surface area contributed by atoms with Gasteiger partial charge in [-0.05, 0) is 13.0 Å². The maximum absolute atomic E-state index is 12.9. The minimum absolute atomic E-state index is 0.120. The van der Waals surface area contributed by atoms with E-state index in [0.29, 0.717) is 6.07 Å². The summed E-state index contributed by atoms with van der Waals surface area (Å²) < 4.78 is 30.0. The topological polar surface area (TPSA) is 79.7 Å². The lowest BCUT2D eigenvalue weighted by Crippen LogP contribution is -2.23. The van der Waals surface area contributed by atoms with E-state index in [4.69, 9.17) is 0 Å². The molecule has 7 heteroatoms. The number of aliphatic hydroxyl groups is 2. The second-order valence-corrected chi connectivity index (χ2v) is 3.56. The van der Waals surface area contributed by atoms with Crippen molar-refractivity contribution in [2.75, 3.05) is 6.61 Å². The molecule has 0 amide bonds. The van der Waals surface area contributed by atoms with Gasteiger partial charge in [0.05, 0.1) is 19.1 Å². The molecule has 2 atom stereocenters. The van der Waals surface area contributed by atoms with E-state index in [1.165, 1.54) is 0 Å². The third kappa shape index (κ3) is 3.71. The number of esters is 1. The number of hydrogen-bond acceptors (Lipinski definition) is 5. The Morgan fingerprint density at radius 2 is 2.17 bits per heavy atom. The predicted octanol–water partition coefficient (Wildman–Crippen LogP) is 0.707. The number of aromatic nitrogens is 1. The molecule has 0 radical (unpaired) electrons. The molecule has 0 saturated heterocycles. The highest BCUT2D eigenvalue weighted by molar-refractivity contribution is 5.70. The lowest BCUT2D eigenvalue weighted by molar-refractivity contribution is -0.147. The van der Waals surface area contributed by atoms with Crippen LogP contribution in [0.25, 0.3) is 0 Å². The molecular formula is C11H13F2NO4. The summed E-state index contributed by atoms with van der Waals surface area (Å²) in [5, 5.41) is 19.2. The molecule has 1 aromatic rings. The molecular weight excluding hydrogens is 248 g/mol. The Morgan fingerprint density at radius 3 is 2.72 bits per heavy atom. The van der Waals surface area contributed by atoms with Crippen molar-refractivity contribution in [2.24, 2.45) is 0 Å². The Kier molecular flexibility index (Phi) is 5.11. The number of carbonyl (C=O) groups excluding carboxylic acids is 1. The molecule has 5 nitrogen and oxygen atoms in total. The molecule has 18 heavy (non-hydrogen) atoms. The van der Waals surface area contributed by atoms with Gasteiger partial charge in [0.1, 0.15) is 6.10 Å². The zero-order chi connectivity index (χ0) is 13.7. The standard InChI is InChI=1S/C11H13F2NO4/c1-2-18-9(16)4-8(15)10(17)6-3-7(12)11(13)14-5-6/h3,5,8,10,15,17H,2,4H2,1H3. The Labute approximate surface area is 102 Å². The predicted molar refractivity (Wildman–Crippen MR) is 56.4 cm³/mol. The Hall–Kier alpha value is -1.60. The molecule has 0 spiro atoms. The van der Waals surface area contributed by atoms with Crippen LogP contribution in [0.15, 0.2) is 12.3 Å². The Balaban J connectivity index is 2.70. The summed E-state index contributed by atoms with van der Waals surface area (Å²) in [7, 11) is 0. The van der Waals surface area contributed by atoms with Gasteiger partial charge in [0.25, 0.3) is 0 Å². The fourth-order valence-electron chi connectivity index (χ4n) is 1.32. The van der Waals surface area contributed by atoms with Gasteiger partial charge in [-0.1, -0.05) is 0 Å². The van der Waals surface area contributed by atoms with Crippen molar-refractivity contribution >= 4 is 5.97 Å². The highest BCUT2D eigenvalue weighted by atomic mass is 19.2. The molecule has 2 unspecified atom stereocenters. The van der Waals surface area contributed by atoms with Crippen LogP contribution in [0.1, 0.15) is 25.0 Å². The van der Waals surface area contributed by atoms with Crippen molar-refractivity contribution in [3.05, 3.63) is 29.6 Å². The second kappa shape index (κ2) is 6.36. The summed E-state index contributed by atoms with van der Waals surface area (Å²) in [6, 6.07) is 0.710. The molecule has 1 rings (SSSR count). The maximum atomic E-state index is 12.9. The van der Waals surface area contributed by atoms with Gasteiger partial charge in [0, 0.05) is 11.8 Å². The molecule has 2 N–H and O–H groups in total. The lowest BCUT2D eigenvalue weighted by Gasteiger charge is -2.17. The number of halogens is 2. The van der Waals surface area contributed by atoms with Crippen LogP contribution in [0.2, 0.25) is 0 Å². The van der Waals surface area contributed by atoms with Crippen LogP contribution in [-0.2, 0) is 9.53 Å². The van der Waals surface area contributed by atoms with E-state index >= 15 is 0 Å². The normalized spacial score (nSPS) is 14.1. The molecule has 0 fully saturated rings. The Bertz CT molecular complexity index is 428. The molecule has 0 aliphatic carbocycles. The average molecular weight is 261 g/mol. The fraction of sp³-hybridized carbons (Fsp3) is 0.455. The van der Waals surface area contributed by atoms with E-state index in [0.717, 1.165) is 6.20 Å². The van der Waals surface area contributed by atoms with Crippen molar-refractivity contribution in [1.29, 1.82) is 0 Å². The van der Waals surface area contributed by atoms with Gasteiger partial charge >= 0.3 is 5.97 Å². The molecule has 0 aromatic carbocycles. The second-order valence-electron chi connectivity index (χ2n) is 3.56. The van der Waals surface area contributed by atoms with Gasteiger partial charge < -0.3 is 14.9 Å². The smallest absolute Gasteiger partial charge is 0.308 e. The van der Waals surface area contributed by atoms with Crippen molar-refractivity contribution in [1.82, 2.24) is 4.98 Å². The van der Waals surface area contributed by atoms with Gasteiger partial charge in [0.2, 0.25) is 5.95 Å².